The maximum atomic E-state index is 8.36. The normalized spacial score (nSPS) is 9.78. The molecule has 1 N–H and O–H groups in total. The highest BCUT2D eigenvalue weighted by Gasteiger charge is 2.13. The molecule has 0 radical (unpaired) electrons. The Morgan fingerprint density at radius 2 is 0.815 bits per heavy atom. The Balaban J connectivity index is 0.000000659. The van der Waals surface area contributed by atoms with E-state index in [1.807, 2.05) is 0 Å². The van der Waals surface area contributed by atoms with Gasteiger partial charge in [-0.1, -0.05) is 109 Å². The van der Waals surface area contributed by atoms with E-state index in [2.05, 4.69) is 109 Å². The summed E-state index contributed by atoms with van der Waals surface area (Å²) >= 11 is 0. The molecule has 4 rings (SSSR count). The van der Waals surface area contributed by atoms with E-state index in [1.54, 1.807) is 0 Å². The molecule has 0 aliphatic rings. The van der Waals surface area contributed by atoms with Crippen molar-refractivity contribution in [3.05, 3.63) is 109 Å². The zero-order chi connectivity index (χ0) is 18.9. The lowest BCUT2D eigenvalue weighted by atomic mass is 9.88. The van der Waals surface area contributed by atoms with Gasteiger partial charge in [0.05, 0.1) is 0 Å². The summed E-state index contributed by atoms with van der Waals surface area (Å²) < 4.78 is 0. The van der Waals surface area contributed by atoms with Crippen molar-refractivity contribution in [3.63, 3.8) is 0 Å². The van der Waals surface area contributed by atoms with Crippen LogP contribution in [0.4, 0.5) is 0 Å². The molecule has 0 unspecified atom stereocenters. The average molecular weight is 352 g/mol. The van der Waals surface area contributed by atoms with Crippen LogP contribution in [0.15, 0.2) is 109 Å². The highest BCUT2D eigenvalue weighted by Crippen LogP contribution is 2.39. The van der Waals surface area contributed by atoms with Gasteiger partial charge in [-0.15, -0.1) is 0 Å². The van der Waals surface area contributed by atoms with Crippen LogP contribution in [-0.2, 0) is 4.79 Å². The fourth-order valence-corrected chi connectivity index (χ4v) is 3.18. The third-order valence-corrected chi connectivity index (χ3v) is 4.30. The van der Waals surface area contributed by atoms with Gasteiger partial charge in [-0.05, 0) is 33.4 Å². The van der Waals surface area contributed by atoms with Crippen LogP contribution in [0, 0.1) is 0 Å². The van der Waals surface area contributed by atoms with Crippen molar-refractivity contribution in [1.82, 2.24) is 0 Å². The van der Waals surface area contributed by atoms with Crippen molar-refractivity contribution in [2.45, 2.75) is 0 Å². The Hall–Kier alpha value is -3.65. The average Bonchev–Trinajstić information content (AvgIpc) is 2.76. The molecule has 0 aliphatic heterocycles. The van der Waals surface area contributed by atoms with E-state index in [4.69, 9.17) is 9.90 Å². The summed E-state index contributed by atoms with van der Waals surface area (Å²) in [5.74, 6) is 0. The lowest BCUT2D eigenvalue weighted by Gasteiger charge is -2.16. The monoisotopic (exact) mass is 352 g/mol. The zero-order valence-electron chi connectivity index (χ0n) is 14.8. The minimum absolute atomic E-state index is 0.250. The molecule has 2 nitrogen and oxygen atoms in total. The van der Waals surface area contributed by atoms with Crippen LogP contribution in [-0.4, -0.2) is 11.6 Å². The minimum atomic E-state index is -0.250. The molecular weight excluding hydrogens is 332 g/mol. The minimum Gasteiger partial charge on any atom is -0.483 e. The molecule has 0 bridgehead atoms. The second-order valence-corrected chi connectivity index (χ2v) is 5.93. The topological polar surface area (TPSA) is 37.3 Å². The summed E-state index contributed by atoms with van der Waals surface area (Å²) in [5.41, 5.74) is 7.56. The second-order valence-electron chi connectivity index (χ2n) is 5.93. The molecule has 2 heteroatoms. The van der Waals surface area contributed by atoms with Gasteiger partial charge in [-0.3, -0.25) is 4.79 Å². The summed E-state index contributed by atoms with van der Waals surface area (Å²) in [6.07, 6.45) is 0. The standard InChI is InChI=1S/C24H18.CH2O2/c1-4-11-19(12-5-1)22-17-10-18-23(20-13-6-2-7-14-20)24(22)21-15-8-3-9-16-21;2-1-3/h1-18H;1H,(H,2,3). The maximum Gasteiger partial charge on any atom is 0.290 e. The molecule has 0 atom stereocenters. The number of benzene rings is 4. The van der Waals surface area contributed by atoms with Crippen molar-refractivity contribution in [3.8, 4) is 33.4 Å². The summed E-state index contributed by atoms with van der Waals surface area (Å²) in [4.78, 5) is 8.36. The van der Waals surface area contributed by atoms with Crippen molar-refractivity contribution in [2.24, 2.45) is 0 Å². The van der Waals surface area contributed by atoms with Crippen LogP contribution in [0.5, 0.6) is 0 Å². The highest BCUT2D eigenvalue weighted by molar-refractivity contribution is 5.94. The molecule has 132 valence electrons. The number of carbonyl (C=O) groups is 1. The molecule has 0 fully saturated rings. The number of rotatable bonds is 3. The lowest BCUT2D eigenvalue weighted by Crippen LogP contribution is -1.90. The largest absolute Gasteiger partial charge is 0.483 e. The molecule has 0 aromatic heterocycles. The van der Waals surface area contributed by atoms with Crippen molar-refractivity contribution in [2.75, 3.05) is 0 Å². The van der Waals surface area contributed by atoms with Crippen molar-refractivity contribution in [1.29, 1.82) is 0 Å². The SMILES string of the molecule is O=CO.c1ccc(-c2cccc(-c3ccccc3)c2-c2ccccc2)cc1. The van der Waals surface area contributed by atoms with E-state index in [1.165, 1.54) is 33.4 Å². The van der Waals surface area contributed by atoms with Gasteiger partial charge >= 0.3 is 0 Å². The van der Waals surface area contributed by atoms with E-state index in [0.29, 0.717) is 0 Å². The summed E-state index contributed by atoms with van der Waals surface area (Å²) in [5, 5.41) is 6.89. The Kier molecular flexibility index (Phi) is 6.16. The van der Waals surface area contributed by atoms with Crippen LogP contribution in [0.1, 0.15) is 0 Å². The van der Waals surface area contributed by atoms with Gasteiger partial charge in [-0.2, -0.15) is 0 Å². The predicted molar refractivity (Wildman–Crippen MR) is 111 cm³/mol. The van der Waals surface area contributed by atoms with Crippen LogP contribution in [0.25, 0.3) is 33.4 Å². The summed E-state index contributed by atoms with van der Waals surface area (Å²) in [7, 11) is 0. The quantitative estimate of drug-likeness (QED) is 0.434. The Bertz CT molecular complexity index is 921. The van der Waals surface area contributed by atoms with E-state index >= 15 is 0 Å². The molecule has 0 saturated carbocycles. The fraction of sp³-hybridized carbons (Fsp3) is 0. The highest BCUT2D eigenvalue weighted by atomic mass is 16.3. The molecule has 0 amide bonds. The number of carboxylic acid groups (broad SMARTS) is 1. The van der Waals surface area contributed by atoms with E-state index in [0.717, 1.165) is 0 Å². The zero-order valence-corrected chi connectivity index (χ0v) is 14.8. The van der Waals surface area contributed by atoms with Crippen LogP contribution in [0.3, 0.4) is 0 Å². The van der Waals surface area contributed by atoms with Gasteiger partial charge in [0.2, 0.25) is 0 Å². The molecular formula is C25H20O2. The molecule has 4 aromatic carbocycles. The Morgan fingerprint density at radius 3 is 1.19 bits per heavy atom. The van der Waals surface area contributed by atoms with Crippen LogP contribution < -0.4 is 0 Å². The third-order valence-electron chi connectivity index (χ3n) is 4.30. The van der Waals surface area contributed by atoms with Gasteiger partial charge in [0.1, 0.15) is 0 Å². The molecule has 4 aromatic rings. The Labute approximate surface area is 159 Å². The van der Waals surface area contributed by atoms with Gasteiger partial charge in [-0.25, -0.2) is 0 Å². The first-order valence-corrected chi connectivity index (χ1v) is 8.72. The first-order chi connectivity index (χ1) is 13.3. The molecule has 0 saturated heterocycles. The van der Waals surface area contributed by atoms with Crippen molar-refractivity contribution >= 4 is 6.47 Å². The molecule has 0 heterocycles. The first-order valence-electron chi connectivity index (χ1n) is 8.72. The molecule has 27 heavy (non-hydrogen) atoms. The fourth-order valence-electron chi connectivity index (χ4n) is 3.18. The smallest absolute Gasteiger partial charge is 0.290 e. The third kappa shape index (κ3) is 4.31. The lowest BCUT2D eigenvalue weighted by molar-refractivity contribution is -0.122. The number of hydrogen-bond donors (Lipinski definition) is 1. The van der Waals surface area contributed by atoms with Gasteiger partial charge < -0.3 is 5.11 Å². The van der Waals surface area contributed by atoms with E-state index in [9.17, 15) is 0 Å². The Morgan fingerprint density at radius 1 is 0.481 bits per heavy atom. The van der Waals surface area contributed by atoms with Gasteiger partial charge in [0, 0.05) is 0 Å². The van der Waals surface area contributed by atoms with Crippen molar-refractivity contribution < 1.29 is 9.90 Å². The van der Waals surface area contributed by atoms with E-state index in [-0.39, 0.29) is 6.47 Å². The predicted octanol–water partition coefficient (Wildman–Crippen LogP) is 6.39. The summed E-state index contributed by atoms with van der Waals surface area (Å²) in [6, 6.07) is 38.4. The maximum absolute atomic E-state index is 8.36. The first kappa shape index (κ1) is 18.2. The summed E-state index contributed by atoms with van der Waals surface area (Å²) in [6.45, 7) is -0.250. The molecule has 0 aliphatic carbocycles. The second kappa shape index (κ2) is 9.16. The van der Waals surface area contributed by atoms with Crippen LogP contribution >= 0.6 is 0 Å². The van der Waals surface area contributed by atoms with Gasteiger partial charge in [0.15, 0.2) is 0 Å². The van der Waals surface area contributed by atoms with Gasteiger partial charge in [0.25, 0.3) is 6.47 Å². The molecule has 0 spiro atoms. The number of hydrogen-bond acceptors (Lipinski definition) is 1. The van der Waals surface area contributed by atoms with E-state index < -0.39 is 0 Å². The van der Waals surface area contributed by atoms with Crippen LogP contribution in [0.2, 0.25) is 0 Å².